The van der Waals surface area contributed by atoms with Gasteiger partial charge < -0.3 is 5.32 Å². The molecule has 1 aromatic rings. The molecule has 0 aromatic heterocycles. The first-order chi connectivity index (χ1) is 7.63. The Hall–Kier alpha value is -1.64. The number of benzene rings is 1. The van der Waals surface area contributed by atoms with Crippen molar-refractivity contribution < 1.29 is 9.59 Å². The van der Waals surface area contributed by atoms with Crippen molar-refractivity contribution in [1.82, 2.24) is 0 Å². The van der Waals surface area contributed by atoms with Gasteiger partial charge in [-0.25, -0.2) is 0 Å². The molecule has 3 heteroatoms. The van der Waals surface area contributed by atoms with Crippen LogP contribution in [-0.4, -0.2) is 11.7 Å². The first kappa shape index (κ1) is 12.4. The van der Waals surface area contributed by atoms with Gasteiger partial charge in [0.15, 0.2) is 5.78 Å². The summed E-state index contributed by atoms with van der Waals surface area (Å²) in [6.07, 6.45) is 2.46. The van der Waals surface area contributed by atoms with Crippen molar-refractivity contribution in [2.75, 3.05) is 5.32 Å². The van der Waals surface area contributed by atoms with E-state index in [1.807, 2.05) is 0 Å². The van der Waals surface area contributed by atoms with Crippen molar-refractivity contribution in [2.24, 2.45) is 0 Å². The zero-order valence-corrected chi connectivity index (χ0v) is 9.75. The van der Waals surface area contributed by atoms with Crippen LogP contribution in [0.5, 0.6) is 0 Å². The lowest BCUT2D eigenvalue weighted by Crippen LogP contribution is -2.10. The summed E-state index contributed by atoms with van der Waals surface area (Å²) in [5.41, 5.74) is 1.40. The number of hydrogen-bond acceptors (Lipinski definition) is 2. The van der Waals surface area contributed by atoms with E-state index in [1.165, 1.54) is 6.92 Å². The van der Waals surface area contributed by atoms with Crippen LogP contribution in [0.3, 0.4) is 0 Å². The van der Waals surface area contributed by atoms with Gasteiger partial charge in [-0.3, -0.25) is 9.59 Å². The molecule has 1 rings (SSSR count). The Labute approximate surface area is 95.9 Å². The van der Waals surface area contributed by atoms with Gasteiger partial charge in [0.2, 0.25) is 5.91 Å². The second-order valence-electron chi connectivity index (χ2n) is 3.79. The topological polar surface area (TPSA) is 46.2 Å². The molecule has 0 saturated heterocycles. The van der Waals surface area contributed by atoms with Crippen molar-refractivity contribution in [3.05, 3.63) is 29.8 Å². The summed E-state index contributed by atoms with van der Waals surface area (Å²) >= 11 is 0. The van der Waals surface area contributed by atoms with Gasteiger partial charge in [0, 0.05) is 17.7 Å². The molecule has 0 saturated carbocycles. The first-order valence-electron chi connectivity index (χ1n) is 5.54. The normalized spacial score (nSPS) is 9.88. The third-order valence-electron chi connectivity index (χ3n) is 2.33. The van der Waals surface area contributed by atoms with Crippen molar-refractivity contribution >= 4 is 17.4 Å². The average Bonchev–Trinajstić information content (AvgIpc) is 2.27. The van der Waals surface area contributed by atoms with E-state index in [0.29, 0.717) is 12.0 Å². The Bertz CT molecular complexity index is 368. The summed E-state index contributed by atoms with van der Waals surface area (Å²) in [6.45, 7) is 3.57. The molecule has 86 valence electrons. The Morgan fingerprint density at radius 2 is 1.81 bits per heavy atom. The number of ketones is 1. The zero-order chi connectivity index (χ0) is 12.0. The summed E-state index contributed by atoms with van der Waals surface area (Å²) in [5.74, 6) is 0.0567. The summed E-state index contributed by atoms with van der Waals surface area (Å²) < 4.78 is 0. The molecule has 0 atom stereocenters. The average molecular weight is 219 g/mol. The van der Waals surface area contributed by atoms with Crippen molar-refractivity contribution in [3.8, 4) is 0 Å². The third kappa shape index (κ3) is 3.85. The molecule has 0 bridgehead atoms. The lowest BCUT2D eigenvalue weighted by Gasteiger charge is -2.04. The highest BCUT2D eigenvalue weighted by atomic mass is 16.1. The van der Waals surface area contributed by atoms with Gasteiger partial charge in [0.05, 0.1) is 0 Å². The second kappa shape index (κ2) is 6.05. The number of carbonyl (C=O) groups excluding carboxylic acids is 2. The number of rotatable bonds is 5. The largest absolute Gasteiger partial charge is 0.326 e. The van der Waals surface area contributed by atoms with Gasteiger partial charge in [0.25, 0.3) is 0 Å². The molecular weight excluding hydrogens is 202 g/mol. The lowest BCUT2D eigenvalue weighted by molar-refractivity contribution is -0.116. The number of hydrogen-bond donors (Lipinski definition) is 1. The van der Waals surface area contributed by atoms with Gasteiger partial charge in [-0.2, -0.15) is 0 Å². The second-order valence-corrected chi connectivity index (χ2v) is 3.79. The van der Waals surface area contributed by atoms with E-state index in [0.717, 1.165) is 18.5 Å². The predicted octanol–water partition coefficient (Wildman–Crippen LogP) is 3.02. The Morgan fingerprint density at radius 1 is 1.19 bits per heavy atom. The maximum absolute atomic E-state index is 11.4. The summed E-state index contributed by atoms with van der Waals surface area (Å²) in [5, 5.41) is 2.79. The number of anilines is 1. The summed E-state index contributed by atoms with van der Waals surface area (Å²) in [6, 6.07) is 6.94. The minimum atomic E-state index is 0.0254. The fraction of sp³-hybridized carbons (Fsp3) is 0.385. The fourth-order valence-electron chi connectivity index (χ4n) is 1.35. The quantitative estimate of drug-likeness (QED) is 0.774. The van der Waals surface area contributed by atoms with Gasteiger partial charge in [0.1, 0.15) is 0 Å². The van der Waals surface area contributed by atoms with Crippen LogP contribution in [-0.2, 0) is 4.79 Å². The maximum atomic E-state index is 11.4. The molecule has 0 heterocycles. The van der Waals surface area contributed by atoms with Gasteiger partial charge in [-0.15, -0.1) is 0 Å². The standard InChI is InChI=1S/C13H17NO2/c1-3-4-5-13(16)14-12-8-6-11(7-9-12)10(2)15/h6-9H,3-5H2,1-2H3,(H,14,16). The van der Waals surface area contributed by atoms with Crippen LogP contribution in [0, 0.1) is 0 Å². The monoisotopic (exact) mass is 219 g/mol. The van der Waals surface area contributed by atoms with E-state index in [9.17, 15) is 9.59 Å². The van der Waals surface area contributed by atoms with E-state index in [4.69, 9.17) is 0 Å². The molecule has 0 fully saturated rings. The SMILES string of the molecule is CCCCC(=O)Nc1ccc(C(C)=O)cc1. The molecule has 0 unspecified atom stereocenters. The highest BCUT2D eigenvalue weighted by Gasteiger charge is 2.02. The Balaban J connectivity index is 2.55. The first-order valence-corrected chi connectivity index (χ1v) is 5.54. The Morgan fingerprint density at radius 3 is 2.31 bits per heavy atom. The molecular formula is C13H17NO2. The van der Waals surface area contributed by atoms with Crippen LogP contribution < -0.4 is 5.32 Å². The minimum absolute atomic E-state index is 0.0254. The molecule has 0 aliphatic carbocycles. The fourth-order valence-corrected chi connectivity index (χ4v) is 1.35. The van der Waals surface area contributed by atoms with E-state index in [2.05, 4.69) is 12.2 Å². The molecule has 0 aliphatic heterocycles. The molecule has 0 radical (unpaired) electrons. The number of carbonyl (C=O) groups is 2. The van der Waals surface area contributed by atoms with Crippen molar-refractivity contribution in [2.45, 2.75) is 33.1 Å². The lowest BCUT2D eigenvalue weighted by atomic mass is 10.1. The summed E-state index contributed by atoms with van der Waals surface area (Å²) in [7, 11) is 0. The third-order valence-corrected chi connectivity index (χ3v) is 2.33. The maximum Gasteiger partial charge on any atom is 0.224 e. The van der Waals surface area contributed by atoms with Crippen molar-refractivity contribution in [3.63, 3.8) is 0 Å². The predicted molar refractivity (Wildman–Crippen MR) is 64.6 cm³/mol. The number of Topliss-reactive ketones (excluding diaryl/α,β-unsaturated/α-hetero) is 1. The van der Waals surface area contributed by atoms with E-state index < -0.39 is 0 Å². The van der Waals surface area contributed by atoms with Crippen LogP contribution in [0.15, 0.2) is 24.3 Å². The molecule has 0 aliphatic rings. The van der Waals surface area contributed by atoms with Gasteiger partial charge in [-0.05, 0) is 37.6 Å². The number of nitrogens with one attached hydrogen (secondary N) is 1. The molecule has 1 amide bonds. The molecule has 16 heavy (non-hydrogen) atoms. The van der Waals surface area contributed by atoms with E-state index in [1.54, 1.807) is 24.3 Å². The van der Waals surface area contributed by atoms with E-state index >= 15 is 0 Å². The minimum Gasteiger partial charge on any atom is -0.326 e. The van der Waals surface area contributed by atoms with Crippen LogP contribution in [0.4, 0.5) is 5.69 Å². The van der Waals surface area contributed by atoms with E-state index in [-0.39, 0.29) is 11.7 Å². The number of amides is 1. The van der Waals surface area contributed by atoms with Crippen LogP contribution in [0.25, 0.3) is 0 Å². The van der Waals surface area contributed by atoms with Gasteiger partial charge >= 0.3 is 0 Å². The van der Waals surface area contributed by atoms with Crippen LogP contribution in [0.1, 0.15) is 43.5 Å². The van der Waals surface area contributed by atoms with Gasteiger partial charge in [-0.1, -0.05) is 13.3 Å². The zero-order valence-electron chi connectivity index (χ0n) is 9.75. The molecule has 1 N–H and O–H groups in total. The summed E-state index contributed by atoms with van der Waals surface area (Å²) in [4.78, 5) is 22.4. The highest BCUT2D eigenvalue weighted by Crippen LogP contribution is 2.10. The van der Waals surface area contributed by atoms with Crippen LogP contribution >= 0.6 is 0 Å². The molecule has 1 aromatic carbocycles. The van der Waals surface area contributed by atoms with Crippen molar-refractivity contribution in [1.29, 1.82) is 0 Å². The smallest absolute Gasteiger partial charge is 0.224 e. The Kier molecular flexibility index (Phi) is 4.70. The molecule has 0 spiro atoms. The van der Waals surface area contributed by atoms with Crippen LogP contribution in [0.2, 0.25) is 0 Å². The highest BCUT2D eigenvalue weighted by molar-refractivity contribution is 5.95. The molecule has 3 nitrogen and oxygen atoms in total. The number of unbranched alkanes of at least 4 members (excludes halogenated alkanes) is 1.